The average Bonchev–Trinajstić information content (AvgIpc) is 2.17. The molecule has 0 saturated heterocycles. The van der Waals surface area contributed by atoms with Gasteiger partial charge in [-0.25, -0.2) is 0 Å². The third-order valence-corrected chi connectivity index (χ3v) is 2.51. The number of methoxy groups -OCH3 is 1. The lowest BCUT2D eigenvalue weighted by molar-refractivity contribution is 0.421. The number of nitrogens with two attached hydrogens (primary N) is 1. The predicted molar refractivity (Wildman–Crippen MR) is 60.4 cm³/mol. The van der Waals surface area contributed by atoms with Crippen LogP contribution in [0.5, 0.6) is 5.75 Å². The summed E-state index contributed by atoms with van der Waals surface area (Å²) in [4.78, 5) is 4.20. The number of hydrogen-bond donors (Lipinski definition) is 1. The zero-order chi connectivity index (χ0) is 10.1. The molecule has 1 aromatic carbocycles. The highest BCUT2D eigenvalue weighted by Crippen LogP contribution is 2.31. The molecule has 3 nitrogen and oxygen atoms in total. The summed E-state index contributed by atoms with van der Waals surface area (Å²) in [6.45, 7) is 0. The first-order chi connectivity index (χ1) is 6.72. The first-order valence-corrected chi connectivity index (χ1v) is 4.89. The van der Waals surface area contributed by atoms with Crippen molar-refractivity contribution in [3.63, 3.8) is 0 Å². The maximum atomic E-state index is 5.74. The smallest absolute Gasteiger partial charge is 0.152 e. The van der Waals surface area contributed by atoms with E-state index in [1.807, 2.05) is 18.2 Å². The number of aromatic nitrogens is 1. The standard InChI is InChI=1S/C10H9BrN2O/c1-14-10-7-4-6(11)2-3-9(7)13-5-8(10)12/h2-5H,12H2,1H3. The minimum atomic E-state index is 0.554. The van der Waals surface area contributed by atoms with Crippen molar-refractivity contribution in [2.75, 3.05) is 12.8 Å². The van der Waals surface area contributed by atoms with Crippen molar-refractivity contribution in [3.05, 3.63) is 28.9 Å². The van der Waals surface area contributed by atoms with Crippen molar-refractivity contribution >= 4 is 32.5 Å². The fourth-order valence-corrected chi connectivity index (χ4v) is 1.74. The van der Waals surface area contributed by atoms with Gasteiger partial charge in [0.15, 0.2) is 5.75 Å². The number of nitrogens with zero attached hydrogens (tertiary/aromatic N) is 1. The zero-order valence-corrected chi connectivity index (χ0v) is 9.21. The van der Waals surface area contributed by atoms with Crippen molar-refractivity contribution in [3.8, 4) is 5.75 Å². The van der Waals surface area contributed by atoms with E-state index in [9.17, 15) is 0 Å². The molecule has 72 valence electrons. The van der Waals surface area contributed by atoms with Crippen LogP contribution >= 0.6 is 15.9 Å². The Hall–Kier alpha value is -1.29. The molecular weight excluding hydrogens is 244 g/mol. The number of benzene rings is 1. The molecule has 2 N–H and O–H groups in total. The van der Waals surface area contributed by atoms with Crippen LogP contribution in [0.3, 0.4) is 0 Å². The van der Waals surface area contributed by atoms with Gasteiger partial charge in [-0.1, -0.05) is 15.9 Å². The number of ether oxygens (including phenoxy) is 1. The van der Waals surface area contributed by atoms with E-state index in [0.717, 1.165) is 15.4 Å². The Bertz CT molecular complexity index is 480. The minimum Gasteiger partial charge on any atom is -0.494 e. The lowest BCUT2D eigenvalue weighted by Crippen LogP contribution is -1.94. The van der Waals surface area contributed by atoms with Crippen LogP contribution in [0, 0.1) is 0 Å². The normalized spacial score (nSPS) is 10.4. The minimum absolute atomic E-state index is 0.554. The van der Waals surface area contributed by atoms with E-state index in [4.69, 9.17) is 10.5 Å². The fourth-order valence-electron chi connectivity index (χ4n) is 1.38. The quantitative estimate of drug-likeness (QED) is 0.849. The molecule has 1 heterocycles. The number of pyridine rings is 1. The van der Waals surface area contributed by atoms with Crippen LogP contribution in [0.15, 0.2) is 28.9 Å². The van der Waals surface area contributed by atoms with Gasteiger partial charge < -0.3 is 10.5 Å². The molecule has 2 rings (SSSR count). The molecule has 0 saturated carbocycles. The van der Waals surface area contributed by atoms with Gasteiger partial charge >= 0.3 is 0 Å². The number of hydrogen-bond acceptors (Lipinski definition) is 3. The molecule has 0 bridgehead atoms. The summed E-state index contributed by atoms with van der Waals surface area (Å²) in [7, 11) is 1.60. The summed E-state index contributed by atoms with van der Waals surface area (Å²) in [5.41, 5.74) is 7.17. The second kappa shape index (κ2) is 3.46. The van der Waals surface area contributed by atoms with E-state index >= 15 is 0 Å². The van der Waals surface area contributed by atoms with Crippen LogP contribution < -0.4 is 10.5 Å². The lowest BCUT2D eigenvalue weighted by Gasteiger charge is -2.07. The second-order valence-corrected chi connectivity index (χ2v) is 3.82. The molecule has 0 aliphatic carbocycles. The highest BCUT2D eigenvalue weighted by molar-refractivity contribution is 9.10. The second-order valence-electron chi connectivity index (χ2n) is 2.91. The summed E-state index contributed by atoms with van der Waals surface area (Å²) < 4.78 is 6.21. The Balaban J connectivity index is 2.84. The summed E-state index contributed by atoms with van der Waals surface area (Å²) in [5, 5.41) is 0.918. The van der Waals surface area contributed by atoms with E-state index in [2.05, 4.69) is 20.9 Å². The Morgan fingerprint density at radius 1 is 1.43 bits per heavy atom. The van der Waals surface area contributed by atoms with Gasteiger partial charge in [-0.15, -0.1) is 0 Å². The number of nitrogen functional groups attached to an aromatic ring is 1. The Morgan fingerprint density at radius 3 is 2.93 bits per heavy atom. The molecule has 0 atom stereocenters. The lowest BCUT2D eigenvalue weighted by atomic mass is 10.2. The molecule has 1 aromatic heterocycles. The average molecular weight is 253 g/mol. The molecular formula is C10H9BrN2O. The zero-order valence-electron chi connectivity index (χ0n) is 7.62. The summed E-state index contributed by atoms with van der Waals surface area (Å²) in [6.07, 6.45) is 1.61. The van der Waals surface area contributed by atoms with Gasteiger partial charge in [0.2, 0.25) is 0 Å². The number of halogens is 1. The third-order valence-electron chi connectivity index (χ3n) is 2.01. The molecule has 0 unspecified atom stereocenters. The molecule has 0 spiro atoms. The fraction of sp³-hybridized carbons (Fsp3) is 0.100. The third kappa shape index (κ3) is 1.42. The van der Waals surface area contributed by atoms with E-state index in [0.29, 0.717) is 11.4 Å². The largest absolute Gasteiger partial charge is 0.494 e. The molecule has 0 radical (unpaired) electrons. The van der Waals surface area contributed by atoms with Crippen LogP contribution in [-0.2, 0) is 0 Å². The Labute approximate surface area is 90.0 Å². The molecule has 0 aliphatic heterocycles. The number of fused-ring (bicyclic) bond motifs is 1. The van der Waals surface area contributed by atoms with E-state index < -0.39 is 0 Å². The summed E-state index contributed by atoms with van der Waals surface area (Å²) >= 11 is 3.40. The topological polar surface area (TPSA) is 48.1 Å². The SMILES string of the molecule is COc1c(N)cnc2ccc(Br)cc12. The molecule has 0 amide bonds. The van der Waals surface area contributed by atoms with Crippen LogP contribution in [0.4, 0.5) is 5.69 Å². The molecule has 0 aliphatic rings. The highest BCUT2D eigenvalue weighted by atomic mass is 79.9. The van der Waals surface area contributed by atoms with E-state index in [1.54, 1.807) is 13.3 Å². The van der Waals surface area contributed by atoms with Crippen molar-refractivity contribution in [2.24, 2.45) is 0 Å². The van der Waals surface area contributed by atoms with Gasteiger partial charge in [0.25, 0.3) is 0 Å². The first kappa shape index (κ1) is 9.27. The van der Waals surface area contributed by atoms with Crippen molar-refractivity contribution in [1.29, 1.82) is 0 Å². The van der Waals surface area contributed by atoms with Crippen molar-refractivity contribution < 1.29 is 4.74 Å². The van der Waals surface area contributed by atoms with Gasteiger partial charge in [0.1, 0.15) is 0 Å². The maximum absolute atomic E-state index is 5.74. The maximum Gasteiger partial charge on any atom is 0.152 e. The van der Waals surface area contributed by atoms with E-state index in [1.165, 1.54) is 0 Å². The van der Waals surface area contributed by atoms with Crippen LogP contribution in [0.2, 0.25) is 0 Å². The monoisotopic (exact) mass is 252 g/mol. The molecule has 14 heavy (non-hydrogen) atoms. The number of anilines is 1. The van der Waals surface area contributed by atoms with Gasteiger partial charge in [-0.05, 0) is 18.2 Å². The summed E-state index contributed by atoms with van der Waals surface area (Å²) in [6, 6.07) is 5.80. The van der Waals surface area contributed by atoms with Crippen LogP contribution in [0.1, 0.15) is 0 Å². The van der Waals surface area contributed by atoms with Gasteiger partial charge in [0, 0.05) is 9.86 Å². The predicted octanol–water partition coefficient (Wildman–Crippen LogP) is 2.59. The van der Waals surface area contributed by atoms with Gasteiger partial charge in [-0.2, -0.15) is 0 Å². The Kier molecular flexibility index (Phi) is 2.29. The van der Waals surface area contributed by atoms with Crippen molar-refractivity contribution in [2.45, 2.75) is 0 Å². The Morgan fingerprint density at radius 2 is 2.21 bits per heavy atom. The first-order valence-electron chi connectivity index (χ1n) is 4.10. The van der Waals surface area contributed by atoms with Gasteiger partial charge in [-0.3, -0.25) is 4.98 Å². The van der Waals surface area contributed by atoms with Gasteiger partial charge in [0.05, 0.1) is 24.5 Å². The van der Waals surface area contributed by atoms with Crippen LogP contribution in [-0.4, -0.2) is 12.1 Å². The molecule has 4 heteroatoms. The number of rotatable bonds is 1. The molecule has 0 fully saturated rings. The van der Waals surface area contributed by atoms with Crippen molar-refractivity contribution in [1.82, 2.24) is 4.98 Å². The van der Waals surface area contributed by atoms with Crippen LogP contribution in [0.25, 0.3) is 10.9 Å². The van der Waals surface area contributed by atoms with E-state index in [-0.39, 0.29) is 0 Å². The summed E-state index contributed by atoms with van der Waals surface area (Å²) in [5.74, 6) is 0.677. The highest BCUT2D eigenvalue weighted by Gasteiger charge is 2.06. The molecule has 2 aromatic rings.